The van der Waals surface area contributed by atoms with Crippen LogP contribution < -0.4 is 9.64 Å². The molecular formula is C18H20N2O3. The second kappa shape index (κ2) is 7.24. The molecule has 1 aliphatic heterocycles. The minimum atomic E-state index is 0.380. The zero-order valence-electron chi connectivity index (χ0n) is 13.2. The Labute approximate surface area is 135 Å². The van der Waals surface area contributed by atoms with Crippen LogP contribution in [0.25, 0.3) is 0 Å². The molecule has 1 aromatic heterocycles. The van der Waals surface area contributed by atoms with Gasteiger partial charge in [-0.2, -0.15) is 0 Å². The zero-order chi connectivity index (χ0) is 16.1. The van der Waals surface area contributed by atoms with E-state index in [9.17, 15) is 4.79 Å². The van der Waals surface area contributed by atoms with E-state index in [1.807, 2.05) is 37.3 Å². The summed E-state index contributed by atoms with van der Waals surface area (Å²) in [5.41, 5.74) is 2.52. The molecule has 0 unspecified atom stereocenters. The molecule has 0 aliphatic carbocycles. The lowest BCUT2D eigenvalue weighted by Gasteiger charge is -2.29. The van der Waals surface area contributed by atoms with Gasteiger partial charge < -0.3 is 14.4 Å². The number of carbonyl (C=O) groups is 1. The van der Waals surface area contributed by atoms with Gasteiger partial charge in [0.15, 0.2) is 6.29 Å². The molecule has 5 nitrogen and oxygen atoms in total. The van der Waals surface area contributed by atoms with Crippen LogP contribution in [0.15, 0.2) is 36.5 Å². The number of hydrogen-bond acceptors (Lipinski definition) is 5. The maximum absolute atomic E-state index is 11.3. The highest BCUT2D eigenvalue weighted by Gasteiger charge is 2.16. The van der Waals surface area contributed by atoms with Gasteiger partial charge in [0.05, 0.1) is 18.8 Å². The van der Waals surface area contributed by atoms with Crippen molar-refractivity contribution in [2.45, 2.75) is 13.5 Å². The molecule has 0 radical (unpaired) electrons. The minimum absolute atomic E-state index is 0.380. The summed E-state index contributed by atoms with van der Waals surface area (Å²) < 4.78 is 11.3. The molecule has 0 amide bonds. The van der Waals surface area contributed by atoms with E-state index >= 15 is 0 Å². The van der Waals surface area contributed by atoms with Crippen molar-refractivity contribution in [3.05, 3.63) is 53.2 Å². The monoisotopic (exact) mass is 312 g/mol. The number of morpholine rings is 1. The Kier molecular flexibility index (Phi) is 4.88. The van der Waals surface area contributed by atoms with Crippen molar-refractivity contribution in [1.82, 2.24) is 4.98 Å². The molecule has 1 saturated heterocycles. The normalized spacial score (nSPS) is 14.6. The number of hydrogen-bond donors (Lipinski definition) is 0. The molecular weight excluding hydrogens is 292 g/mol. The van der Waals surface area contributed by atoms with Crippen LogP contribution in [0.2, 0.25) is 0 Å². The predicted molar refractivity (Wildman–Crippen MR) is 88.2 cm³/mol. The summed E-state index contributed by atoms with van der Waals surface area (Å²) in [5.74, 6) is 1.54. The van der Waals surface area contributed by atoms with Gasteiger partial charge in [-0.05, 0) is 24.6 Å². The second-order valence-corrected chi connectivity index (χ2v) is 5.48. The number of carbonyl (C=O) groups excluding carboxylic acids is 1. The first-order valence-corrected chi connectivity index (χ1v) is 7.74. The lowest BCUT2D eigenvalue weighted by atomic mass is 10.1. The second-order valence-electron chi connectivity index (χ2n) is 5.48. The fraction of sp³-hybridized carbons (Fsp3) is 0.333. The average Bonchev–Trinajstić information content (AvgIpc) is 2.61. The van der Waals surface area contributed by atoms with E-state index in [-0.39, 0.29) is 0 Å². The highest BCUT2D eigenvalue weighted by atomic mass is 16.5. The Balaban J connectivity index is 1.79. The van der Waals surface area contributed by atoms with E-state index in [2.05, 4.69) is 9.88 Å². The first kappa shape index (κ1) is 15.5. The number of ether oxygens (including phenoxy) is 2. The van der Waals surface area contributed by atoms with Gasteiger partial charge in [0, 0.05) is 24.8 Å². The molecule has 0 atom stereocenters. The Bertz CT molecular complexity index is 682. The van der Waals surface area contributed by atoms with Gasteiger partial charge in [0.1, 0.15) is 18.2 Å². The molecule has 3 rings (SSSR count). The van der Waals surface area contributed by atoms with Crippen molar-refractivity contribution in [1.29, 1.82) is 0 Å². The average molecular weight is 312 g/mol. The number of aryl methyl sites for hydroxylation is 1. The molecule has 1 aromatic carbocycles. The van der Waals surface area contributed by atoms with E-state index in [0.29, 0.717) is 31.1 Å². The summed E-state index contributed by atoms with van der Waals surface area (Å²) in [6.45, 7) is 5.36. The summed E-state index contributed by atoms with van der Waals surface area (Å²) in [5, 5.41) is 0. The van der Waals surface area contributed by atoms with Crippen LogP contribution in [0.5, 0.6) is 5.75 Å². The Hall–Kier alpha value is -2.40. The van der Waals surface area contributed by atoms with Gasteiger partial charge in [-0.25, -0.2) is 4.98 Å². The number of nitrogens with zero attached hydrogens (tertiary/aromatic N) is 2. The van der Waals surface area contributed by atoms with E-state index in [1.165, 1.54) is 0 Å². The van der Waals surface area contributed by atoms with E-state index < -0.39 is 0 Å². The maximum atomic E-state index is 11.3. The number of aromatic nitrogens is 1. The largest absolute Gasteiger partial charge is 0.488 e. The Morgan fingerprint density at radius 3 is 2.87 bits per heavy atom. The molecule has 1 fully saturated rings. The lowest BCUT2D eigenvalue weighted by Crippen LogP contribution is -2.37. The van der Waals surface area contributed by atoms with Crippen molar-refractivity contribution in [3.63, 3.8) is 0 Å². The number of rotatable bonds is 5. The van der Waals surface area contributed by atoms with Crippen LogP contribution in [0.3, 0.4) is 0 Å². The summed E-state index contributed by atoms with van der Waals surface area (Å²) in [6, 6.07) is 9.53. The topological polar surface area (TPSA) is 51.7 Å². The third kappa shape index (κ3) is 3.51. The van der Waals surface area contributed by atoms with Crippen LogP contribution in [0.4, 0.5) is 5.82 Å². The smallest absolute Gasteiger partial charge is 0.154 e. The zero-order valence-corrected chi connectivity index (χ0v) is 13.2. The lowest BCUT2D eigenvalue weighted by molar-refractivity contribution is 0.111. The summed E-state index contributed by atoms with van der Waals surface area (Å²) >= 11 is 0. The maximum Gasteiger partial charge on any atom is 0.154 e. The molecule has 120 valence electrons. The minimum Gasteiger partial charge on any atom is -0.488 e. The highest BCUT2D eigenvalue weighted by Crippen LogP contribution is 2.24. The van der Waals surface area contributed by atoms with Crippen molar-refractivity contribution in [3.8, 4) is 5.75 Å². The van der Waals surface area contributed by atoms with Crippen molar-refractivity contribution < 1.29 is 14.3 Å². The highest BCUT2D eigenvalue weighted by molar-refractivity contribution is 5.81. The molecule has 1 aliphatic rings. The molecule has 0 saturated carbocycles. The molecule has 0 bridgehead atoms. The van der Waals surface area contributed by atoms with Crippen molar-refractivity contribution in [2.75, 3.05) is 31.2 Å². The third-order valence-corrected chi connectivity index (χ3v) is 3.96. The summed E-state index contributed by atoms with van der Waals surface area (Å²) in [6.07, 6.45) is 2.63. The van der Waals surface area contributed by atoms with Gasteiger partial charge in [-0.3, -0.25) is 4.79 Å². The van der Waals surface area contributed by atoms with Gasteiger partial charge in [0.2, 0.25) is 0 Å². The standard InChI is InChI=1S/C18H20N2O3/c1-14-4-2-6-17(16(14)12-21)23-13-15-5-3-7-19-18(15)20-8-10-22-11-9-20/h2-7,12H,8-11,13H2,1H3. The summed E-state index contributed by atoms with van der Waals surface area (Å²) in [4.78, 5) is 18.0. The fourth-order valence-electron chi connectivity index (χ4n) is 2.69. The first-order valence-electron chi connectivity index (χ1n) is 7.74. The first-order chi connectivity index (χ1) is 11.3. The van der Waals surface area contributed by atoms with Crippen LogP contribution in [0.1, 0.15) is 21.5 Å². The van der Waals surface area contributed by atoms with Gasteiger partial charge in [-0.1, -0.05) is 18.2 Å². The number of anilines is 1. The van der Waals surface area contributed by atoms with Crippen LogP contribution in [0, 0.1) is 6.92 Å². The molecule has 0 spiro atoms. The van der Waals surface area contributed by atoms with Crippen molar-refractivity contribution in [2.24, 2.45) is 0 Å². The molecule has 23 heavy (non-hydrogen) atoms. The SMILES string of the molecule is Cc1cccc(OCc2cccnc2N2CCOCC2)c1C=O. The number of benzene rings is 1. The van der Waals surface area contributed by atoms with Crippen molar-refractivity contribution >= 4 is 12.1 Å². The van der Waals surface area contributed by atoms with Gasteiger partial charge in [0.25, 0.3) is 0 Å². The van der Waals surface area contributed by atoms with Crippen LogP contribution in [-0.2, 0) is 11.3 Å². The quantitative estimate of drug-likeness (QED) is 0.794. The van der Waals surface area contributed by atoms with E-state index in [0.717, 1.165) is 36.3 Å². The Morgan fingerprint density at radius 1 is 1.26 bits per heavy atom. The van der Waals surface area contributed by atoms with Crippen LogP contribution >= 0.6 is 0 Å². The predicted octanol–water partition coefficient (Wildman–Crippen LogP) is 2.62. The van der Waals surface area contributed by atoms with Gasteiger partial charge in [-0.15, -0.1) is 0 Å². The van der Waals surface area contributed by atoms with E-state index in [1.54, 1.807) is 6.20 Å². The third-order valence-electron chi connectivity index (χ3n) is 3.96. The summed E-state index contributed by atoms with van der Waals surface area (Å²) in [7, 11) is 0. The number of aldehydes is 1. The van der Waals surface area contributed by atoms with Gasteiger partial charge >= 0.3 is 0 Å². The molecule has 0 N–H and O–H groups in total. The molecule has 5 heteroatoms. The molecule has 2 aromatic rings. The Morgan fingerprint density at radius 2 is 2.09 bits per heavy atom. The molecule has 2 heterocycles. The van der Waals surface area contributed by atoms with Crippen LogP contribution in [-0.4, -0.2) is 37.6 Å². The fourth-order valence-corrected chi connectivity index (χ4v) is 2.69. The van der Waals surface area contributed by atoms with E-state index in [4.69, 9.17) is 9.47 Å². The number of pyridine rings is 1.